The summed E-state index contributed by atoms with van der Waals surface area (Å²) in [6, 6.07) is 21.6. The van der Waals surface area contributed by atoms with Gasteiger partial charge in [0.15, 0.2) is 0 Å². The van der Waals surface area contributed by atoms with E-state index in [0.29, 0.717) is 30.9 Å². The number of rotatable bonds is 8. The number of likely N-dealkylation sites (N-methyl/N-ethyl adjacent to an activating group) is 1. The van der Waals surface area contributed by atoms with Crippen LogP contribution in [0.5, 0.6) is 0 Å². The van der Waals surface area contributed by atoms with Crippen LogP contribution in [0.3, 0.4) is 0 Å². The Hall–Kier alpha value is -3.55. The lowest BCUT2D eigenvalue weighted by molar-refractivity contribution is -0.141. The number of hydrogen-bond acceptors (Lipinski definition) is 6. The Balaban J connectivity index is 1.57. The van der Waals surface area contributed by atoms with E-state index in [2.05, 4.69) is 27.3 Å². The van der Waals surface area contributed by atoms with E-state index >= 15 is 0 Å². The number of aromatic nitrogens is 1. The van der Waals surface area contributed by atoms with E-state index in [0.717, 1.165) is 26.9 Å². The highest BCUT2D eigenvalue weighted by Gasteiger charge is 2.14. The number of ether oxygens (including phenoxy) is 1. The van der Waals surface area contributed by atoms with Gasteiger partial charge in [-0.3, -0.25) is 14.5 Å². The largest absolute Gasteiger partial charge is 0.465 e. The highest BCUT2D eigenvalue weighted by atomic mass is 32.1. The maximum absolute atomic E-state index is 13.0. The number of carbonyl (C=O) groups is 2. The highest BCUT2D eigenvalue weighted by Crippen LogP contribution is 2.27. The fraction of sp³-hybridized carbons (Fsp3) is 0.192. The summed E-state index contributed by atoms with van der Waals surface area (Å²) in [7, 11) is 1.97. The van der Waals surface area contributed by atoms with E-state index in [1.54, 1.807) is 16.8 Å². The van der Waals surface area contributed by atoms with Gasteiger partial charge in [-0.2, -0.15) is 0 Å². The van der Waals surface area contributed by atoms with Gasteiger partial charge in [0.05, 0.1) is 15.7 Å². The predicted molar refractivity (Wildman–Crippen MR) is 132 cm³/mol. The van der Waals surface area contributed by atoms with Gasteiger partial charge in [0.25, 0.3) is 5.91 Å². The van der Waals surface area contributed by atoms with Gasteiger partial charge in [0.2, 0.25) is 0 Å². The van der Waals surface area contributed by atoms with Gasteiger partial charge in [-0.05, 0) is 54.1 Å². The van der Waals surface area contributed by atoms with E-state index in [4.69, 9.17) is 4.74 Å². The first-order chi connectivity index (χ1) is 16.0. The monoisotopic (exact) mass is 459 g/mol. The maximum atomic E-state index is 13.0. The van der Waals surface area contributed by atoms with Crippen molar-refractivity contribution >= 4 is 39.1 Å². The van der Waals surface area contributed by atoms with E-state index < -0.39 is 0 Å². The zero-order valence-electron chi connectivity index (χ0n) is 18.6. The number of nitrogens with one attached hydrogen (secondary N) is 1. The molecule has 168 valence electrons. The van der Waals surface area contributed by atoms with Crippen LogP contribution in [0.15, 0.2) is 72.2 Å². The molecule has 0 bridgehead atoms. The van der Waals surface area contributed by atoms with Gasteiger partial charge in [0, 0.05) is 31.3 Å². The van der Waals surface area contributed by atoms with E-state index in [-0.39, 0.29) is 11.9 Å². The van der Waals surface area contributed by atoms with Gasteiger partial charge in [-0.1, -0.05) is 36.4 Å². The normalized spacial score (nSPS) is 11.0. The smallest absolute Gasteiger partial charge is 0.302 e. The van der Waals surface area contributed by atoms with Crippen LogP contribution in [0.25, 0.3) is 21.3 Å². The third kappa shape index (κ3) is 5.83. The molecule has 0 fully saturated rings. The molecule has 0 radical (unpaired) electrons. The fourth-order valence-electron chi connectivity index (χ4n) is 3.62. The molecule has 0 atom stereocenters. The Morgan fingerprint density at radius 1 is 1.06 bits per heavy atom. The first-order valence-electron chi connectivity index (χ1n) is 10.6. The molecule has 0 aliphatic rings. The number of anilines is 1. The maximum Gasteiger partial charge on any atom is 0.302 e. The minimum Gasteiger partial charge on any atom is -0.465 e. The molecule has 0 spiro atoms. The second kappa shape index (κ2) is 10.4. The number of nitrogens with zero attached hydrogens (tertiary/aromatic N) is 2. The number of carbonyl (C=O) groups excluding carboxylic acids is 2. The standard InChI is InChI=1S/C26H25N3O3S/c1-18(30)32-13-12-29(2)16-21-14-20(8-10-23(21)19-6-4-3-5-7-19)26(31)28-22-9-11-25-24(15-22)27-17-33-25/h3-11,14-15,17H,12-13,16H2,1-2H3,(H,28,31). The fourth-order valence-corrected chi connectivity index (χ4v) is 4.28. The molecular formula is C26H25N3O3S. The van der Waals surface area contributed by atoms with Gasteiger partial charge < -0.3 is 10.1 Å². The zero-order chi connectivity index (χ0) is 23.2. The van der Waals surface area contributed by atoms with E-state index in [1.807, 2.05) is 61.6 Å². The lowest BCUT2D eigenvalue weighted by Gasteiger charge is -2.20. The number of hydrogen-bond donors (Lipinski definition) is 1. The van der Waals surface area contributed by atoms with Crippen LogP contribution in [0.1, 0.15) is 22.8 Å². The molecule has 1 heterocycles. The summed E-state index contributed by atoms with van der Waals surface area (Å²) in [5.74, 6) is -0.462. The number of thiazole rings is 1. The summed E-state index contributed by atoms with van der Waals surface area (Å²) in [5, 5.41) is 2.98. The van der Waals surface area contributed by atoms with Crippen LogP contribution in [-0.2, 0) is 16.1 Å². The van der Waals surface area contributed by atoms with Gasteiger partial charge >= 0.3 is 5.97 Å². The molecule has 1 N–H and O–H groups in total. The minimum atomic E-state index is -0.289. The topological polar surface area (TPSA) is 71.5 Å². The molecule has 1 aromatic heterocycles. The van der Waals surface area contributed by atoms with Crippen molar-refractivity contribution in [1.82, 2.24) is 9.88 Å². The highest BCUT2D eigenvalue weighted by molar-refractivity contribution is 7.16. The van der Waals surface area contributed by atoms with Crippen molar-refractivity contribution in [2.75, 3.05) is 25.5 Å². The number of fused-ring (bicyclic) bond motifs is 1. The summed E-state index contributed by atoms with van der Waals surface area (Å²) >= 11 is 1.57. The minimum absolute atomic E-state index is 0.173. The van der Waals surface area contributed by atoms with Crippen LogP contribution in [-0.4, -0.2) is 42.0 Å². The average Bonchev–Trinajstić information content (AvgIpc) is 3.27. The van der Waals surface area contributed by atoms with Crippen LogP contribution in [0.4, 0.5) is 5.69 Å². The van der Waals surface area contributed by atoms with Crippen molar-refractivity contribution in [3.8, 4) is 11.1 Å². The third-order valence-corrected chi connectivity index (χ3v) is 6.07. The quantitative estimate of drug-likeness (QED) is 0.366. The number of esters is 1. The van der Waals surface area contributed by atoms with Crippen LogP contribution in [0.2, 0.25) is 0 Å². The molecule has 3 aromatic carbocycles. The third-order valence-electron chi connectivity index (χ3n) is 5.26. The summed E-state index contributed by atoms with van der Waals surface area (Å²) in [6.45, 7) is 2.93. The summed E-state index contributed by atoms with van der Waals surface area (Å²) in [4.78, 5) is 30.5. The first kappa shape index (κ1) is 22.6. The van der Waals surface area contributed by atoms with Crippen molar-refractivity contribution in [3.05, 3.63) is 83.4 Å². The van der Waals surface area contributed by atoms with E-state index in [9.17, 15) is 9.59 Å². The Kier molecular flexibility index (Phi) is 7.12. The zero-order valence-corrected chi connectivity index (χ0v) is 19.4. The molecule has 0 saturated carbocycles. The van der Waals surface area contributed by atoms with Crippen molar-refractivity contribution in [2.45, 2.75) is 13.5 Å². The summed E-state index contributed by atoms with van der Waals surface area (Å²) < 4.78 is 6.15. The van der Waals surface area contributed by atoms with Gasteiger partial charge in [-0.25, -0.2) is 4.98 Å². The molecule has 0 unspecified atom stereocenters. The van der Waals surface area contributed by atoms with Crippen LogP contribution in [0, 0.1) is 0 Å². The lowest BCUT2D eigenvalue weighted by Crippen LogP contribution is -2.24. The van der Waals surface area contributed by atoms with Gasteiger partial charge in [-0.15, -0.1) is 11.3 Å². The Morgan fingerprint density at radius 3 is 2.67 bits per heavy atom. The molecule has 6 nitrogen and oxygen atoms in total. The van der Waals surface area contributed by atoms with Gasteiger partial charge in [0.1, 0.15) is 6.61 Å². The molecule has 0 aliphatic heterocycles. The van der Waals surface area contributed by atoms with Crippen molar-refractivity contribution in [1.29, 1.82) is 0 Å². The number of benzene rings is 3. The molecule has 0 aliphatic carbocycles. The van der Waals surface area contributed by atoms with E-state index in [1.165, 1.54) is 6.92 Å². The lowest BCUT2D eigenvalue weighted by atomic mass is 9.96. The molecule has 33 heavy (non-hydrogen) atoms. The van der Waals surface area contributed by atoms with Crippen molar-refractivity contribution in [2.24, 2.45) is 0 Å². The predicted octanol–water partition coefficient (Wildman–Crippen LogP) is 5.21. The van der Waals surface area contributed by atoms with Crippen LogP contribution < -0.4 is 5.32 Å². The second-order valence-corrected chi connectivity index (χ2v) is 8.69. The second-order valence-electron chi connectivity index (χ2n) is 7.80. The molecule has 4 aromatic rings. The Labute approximate surface area is 196 Å². The molecule has 4 rings (SSSR count). The molecule has 1 amide bonds. The summed E-state index contributed by atoms with van der Waals surface area (Å²) in [6.07, 6.45) is 0. The Bertz CT molecular complexity index is 1270. The number of amides is 1. The summed E-state index contributed by atoms with van der Waals surface area (Å²) in [5.41, 5.74) is 7.13. The van der Waals surface area contributed by atoms with Crippen LogP contribution >= 0.6 is 11.3 Å². The SMILES string of the molecule is CC(=O)OCCN(C)Cc1cc(C(=O)Nc2ccc3scnc3c2)ccc1-c1ccccc1. The molecule has 7 heteroatoms. The van der Waals surface area contributed by atoms with Crippen molar-refractivity contribution < 1.29 is 14.3 Å². The Morgan fingerprint density at radius 2 is 1.88 bits per heavy atom. The molecular weight excluding hydrogens is 434 g/mol. The average molecular weight is 460 g/mol. The molecule has 0 saturated heterocycles. The van der Waals surface area contributed by atoms with Crippen molar-refractivity contribution in [3.63, 3.8) is 0 Å². The first-order valence-corrected chi connectivity index (χ1v) is 11.5.